The smallest absolute Gasteiger partial charge is 0.0882 e. The lowest BCUT2D eigenvalue weighted by Gasteiger charge is -2.20. The largest absolute Gasteiger partial charge is 0.396 e. The molecule has 4 nitrogen and oxygen atoms in total. The summed E-state index contributed by atoms with van der Waals surface area (Å²) < 4.78 is 12.4. The Kier molecular flexibility index (Phi) is 8.34. The summed E-state index contributed by atoms with van der Waals surface area (Å²) in [6.07, 6.45) is 2.65. The maximum Gasteiger partial charge on any atom is 0.0882 e. The first-order valence-electron chi connectivity index (χ1n) is 5.47. The molecule has 0 bridgehead atoms. The second-order valence-corrected chi connectivity index (χ2v) is 7.51. The molecular weight excluding hydrogens is 215 g/mol. The zero-order valence-corrected chi connectivity index (χ0v) is 10.3. The molecule has 0 aromatic carbocycles. The summed E-state index contributed by atoms with van der Waals surface area (Å²) in [5.41, 5.74) is 0. The average molecular weight is 238 g/mol. The minimum Gasteiger partial charge on any atom is -0.396 e. The van der Waals surface area contributed by atoms with E-state index in [1.54, 1.807) is 0 Å². The summed E-state index contributed by atoms with van der Waals surface area (Å²) >= 11 is 0. The number of hydrogen-bond donors (Lipinski definition) is 3. The summed E-state index contributed by atoms with van der Waals surface area (Å²) in [7, 11) is -2.31. The Hall–Kier alpha value is 0.110. The summed E-state index contributed by atoms with van der Waals surface area (Å²) in [5.74, 6) is 0.0354. The molecule has 0 aliphatic carbocycles. The predicted molar refractivity (Wildman–Crippen MR) is 61.9 cm³/mol. The van der Waals surface area contributed by atoms with E-state index < -0.39 is 7.14 Å². The standard InChI is InChI=1S/C10H23O4P/c1-10(8-13)9-15(14,6-2-4-11)7-3-5-12/h10-13H,2-9H2,1H3. The lowest BCUT2D eigenvalue weighted by Crippen LogP contribution is -2.12. The molecule has 0 aliphatic heterocycles. The molecule has 0 spiro atoms. The third-order valence-electron chi connectivity index (χ3n) is 2.40. The Morgan fingerprint density at radius 2 is 1.53 bits per heavy atom. The number of rotatable bonds is 9. The highest BCUT2D eigenvalue weighted by molar-refractivity contribution is 7.63. The molecule has 15 heavy (non-hydrogen) atoms. The van der Waals surface area contributed by atoms with Crippen LogP contribution in [-0.2, 0) is 4.57 Å². The molecular formula is C10H23O4P. The normalized spacial score (nSPS) is 14.1. The molecule has 0 aromatic heterocycles. The van der Waals surface area contributed by atoms with Gasteiger partial charge in [-0.15, -0.1) is 0 Å². The Morgan fingerprint density at radius 1 is 1.07 bits per heavy atom. The summed E-state index contributed by atoms with van der Waals surface area (Å²) in [5, 5.41) is 26.4. The van der Waals surface area contributed by atoms with Crippen molar-refractivity contribution >= 4 is 7.14 Å². The van der Waals surface area contributed by atoms with Gasteiger partial charge >= 0.3 is 0 Å². The van der Waals surface area contributed by atoms with Crippen LogP contribution in [0.5, 0.6) is 0 Å². The lowest BCUT2D eigenvalue weighted by atomic mass is 10.2. The van der Waals surface area contributed by atoms with Crippen molar-refractivity contribution in [1.29, 1.82) is 0 Å². The summed E-state index contributed by atoms with van der Waals surface area (Å²) in [6, 6.07) is 0. The van der Waals surface area contributed by atoms with Gasteiger partial charge < -0.3 is 19.9 Å². The van der Waals surface area contributed by atoms with Gasteiger partial charge in [-0.2, -0.15) is 0 Å². The third-order valence-corrected chi connectivity index (χ3v) is 5.95. The van der Waals surface area contributed by atoms with E-state index in [0.717, 1.165) is 0 Å². The monoisotopic (exact) mass is 238 g/mol. The van der Waals surface area contributed by atoms with Crippen LogP contribution in [0.4, 0.5) is 0 Å². The van der Waals surface area contributed by atoms with Gasteiger partial charge in [0.25, 0.3) is 0 Å². The molecule has 0 heterocycles. The van der Waals surface area contributed by atoms with E-state index in [4.69, 9.17) is 15.3 Å². The molecule has 1 atom stereocenters. The van der Waals surface area contributed by atoms with E-state index in [1.165, 1.54) is 0 Å². The van der Waals surface area contributed by atoms with E-state index in [-0.39, 0.29) is 25.7 Å². The molecule has 0 amide bonds. The van der Waals surface area contributed by atoms with Crippen molar-refractivity contribution in [2.75, 3.05) is 38.3 Å². The van der Waals surface area contributed by atoms with Gasteiger partial charge in [0, 0.05) is 38.3 Å². The number of aliphatic hydroxyl groups excluding tert-OH is 3. The Balaban J connectivity index is 4.19. The zero-order valence-electron chi connectivity index (χ0n) is 9.43. The van der Waals surface area contributed by atoms with Crippen molar-refractivity contribution < 1.29 is 19.9 Å². The fourth-order valence-electron chi connectivity index (χ4n) is 1.64. The van der Waals surface area contributed by atoms with Crippen LogP contribution in [0.3, 0.4) is 0 Å². The minimum atomic E-state index is -2.31. The van der Waals surface area contributed by atoms with Crippen LogP contribution in [-0.4, -0.2) is 53.6 Å². The van der Waals surface area contributed by atoms with Crippen LogP contribution in [0.2, 0.25) is 0 Å². The van der Waals surface area contributed by atoms with Gasteiger partial charge in [-0.25, -0.2) is 0 Å². The molecule has 0 fully saturated rings. The molecule has 0 aromatic rings. The van der Waals surface area contributed by atoms with Gasteiger partial charge in [0.2, 0.25) is 0 Å². The maximum atomic E-state index is 12.4. The van der Waals surface area contributed by atoms with Crippen LogP contribution in [0.25, 0.3) is 0 Å². The molecule has 3 N–H and O–H groups in total. The highest BCUT2D eigenvalue weighted by Gasteiger charge is 2.23. The quantitative estimate of drug-likeness (QED) is 0.518. The Labute approximate surface area is 91.7 Å². The molecule has 0 saturated carbocycles. The molecule has 0 aliphatic rings. The number of hydrogen-bond acceptors (Lipinski definition) is 4. The fourth-order valence-corrected chi connectivity index (χ4v) is 4.91. The third kappa shape index (κ3) is 7.07. The van der Waals surface area contributed by atoms with Crippen LogP contribution >= 0.6 is 7.14 Å². The molecule has 0 rings (SSSR count). The highest BCUT2D eigenvalue weighted by atomic mass is 31.2. The van der Waals surface area contributed by atoms with E-state index in [0.29, 0.717) is 31.3 Å². The van der Waals surface area contributed by atoms with Gasteiger partial charge in [-0.3, -0.25) is 0 Å². The van der Waals surface area contributed by atoms with Crippen molar-refractivity contribution in [3.8, 4) is 0 Å². The summed E-state index contributed by atoms with van der Waals surface area (Å²) in [4.78, 5) is 0. The van der Waals surface area contributed by atoms with Gasteiger partial charge in [-0.1, -0.05) is 6.92 Å². The number of aliphatic hydroxyl groups is 3. The van der Waals surface area contributed by atoms with E-state index in [1.807, 2.05) is 6.92 Å². The average Bonchev–Trinajstić information content (AvgIpc) is 2.23. The van der Waals surface area contributed by atoms with Crippen LogP contribution in [0.15, 0.2) is 0 Å². The van der Waals surface area contributed by atoms with Crippen molar-refractivity contribution in [3.63, 3.8) is 0 Å². The van der Waals surface area contributed by atoms with Gasteiger partial charge in [0.05, 0.1) is 7.14 Å². The lowest BCUT2D eigenvalue weighted by molar-refractivity contribution is 0.248. The van der Waals surface area contributed by atoms with Crippen molar-refractivity contribution in [2.45, 2.75) is 19.8 Å². The van der Waals surface area contributed by atoms with Gasteiger partial charge in [-0.05, 0) is 18.8 Å². The first-order valence-corrected chi connectivity index (χ1v) is 7.74. The van der Waals surface area contributed by atoms with Crippen LogP contribution in [0.1, 0.15) is 19.8 Å². The Morgan fingerprint density at radius 3 is 1.87 bits per heavy atom. The van der Waals surface area contributed by atoms with E-state index in [9.17, 15) is 4.57 Å². The highest BCUT2D eigenvalue weighted by Crippen LogP contribution is 2.48. The second kappa shape index (κ2) is 8.28. The molecule has 1 unspecified atom stereocenters. The van der Waals surface area contributed by atoms with E-state index in [2.05, 4.69) is 0 Å². The second-order valence-electron chi connectivity index (χ2n) is 4.13. The molecule has 5 heteroatoms. The topological polar surface area (TPSA) is 77.8 Å². The van der Waals surface area contributed by atoms with Crippen molar-refractivity contribution in [2.24, 2.45) is 5.92 Å². The maximum absolute atomic E-state index is 12.4. The van der Waals surface area contributed by atoms with Crippen LogP contribution in [0, 0.1) is 5.92 Å². The molecule has 0 saturated heterocycles. The molecule has 0 radical (unpaired) electrons. The first kappa shape index (κ1) is 15.1. The zero-order chi connectivity index (χ0) is 11.7. The van der Waals surface area contributed by atoms with E-state index >= 15 is 0 Å². The first-order chi connectivity index (χ1) is 7.08. The fraction of sp³-hybridized carbons (Fsp3) is 1.00. The Bertz CT molecular complexity index is 184. The minimum absolute atomic E-state index is 0.0354. The SMILES string of the molecule is CC(CO)CP(=O)(CCCO)CCCO. The summed E-state index contributed by atoms with van der Waals surface area (Å²) in [6.45, 7) is 2.01. The van der Waals surface area contributed by atoms with Gasteiger partial charge in [0.15, 0.2) is 0 Å². The van der Waals surface area contributed by atoms with Crippen molar-refractivity contribution in [3.05, 3.63) is 0 Å². The van der Waals surface area contributed by atoms with Crippen molar-refractivity contribution in [1.82, 2.24) is 0 Å². The van der Waals surface area contributed by atoms with Crippen LogP contribution < -0.4 is 0 Å². The predicted octanol–water partition coefficient (Wildman–Crippen LogP) is 0.743. The van der Waals surface area contributed by atoms with Gasteiger partial charge in [0.1, 0.15) is 0 Å². The molecule has 92 valence electrons.